The first-order valence-corrected chi connectivity index (χ1v) is 7.36. The number of hydrogen-bond acceptors (Lipinski definition) is 6. The first kappa shape index (κ1) is 15.9. The van der Waals surface area contributed by atoms with Crippen LogP contribution in [0, 0.1) is 6.92 Å². The monoisotopic (exact) mass is 321 g/mol. The Hall–Kier alpha value is -2.48. The second kappa shape index (κ2) is 6.99. The van der Waals surface area contributed by atoms with E-state index in [4.69, 9.17) is 9.84 Å². The van der Waals surface area contributed by atoms with Crippen molar-refractivity contribution in [3.8, 4) is 5.88 Å². The molecule has 0 fully saturated rings. The van der Waals surface area contributed by atoms with Crippen molar-refractivity contribution in [2.45, 2.75) is 13.3 Å². The molecule has 0 saturated heterocycles. The van der Waals surface area contributed by atoms with E-state index in [1.807, 2.05) is 6.92 Å². The van der Waals surface area contributed by atoms with Crippen molar-refractivity contribution in [1.82, 2.24) is 15.3 Å². The largest absolute Gasteiger partial charge is 0.480 e. The van der Waals surface area contributed by atoms with E-state index in [0.717, 1.165) is 5.69 Å². The van der Waals surface area contributed by atoms with Crippen LogP contribution in [0.15, 0.2) is 17.5 Å². The van der Waals surface area contributed by atoms with E-state index < -0.39 is 5.97 Å². The lowest BCUT2D eigenvalue weighted by molar-refractivity contribution is 0.0690. The molecule has 116 valence electrons. The summed E-state index contributed by atoms with van der Waals surface area (Å²) >= 11 is 1.25. The summed E-state index contributed by atoms with van der Waals surface area (Å²) < 4.78 is 5.09. The second-order valence-electron chi connectivity index (χ2n) is 4.45. The molecule has 0 spiro atoms. The maximum absolute atomic E-state index is 12.1. The molecule has 2 rings (SSSR count). The third kappa shape index (κ3) is 3.79. The Kier molecular flexibility index (Phi) is 5.05. The Morgan fingerprint density at radius 2 is 2.14 bits per heavy atom. The van der Waals surface area contributed by atoms with Crippen LogP contribution in [0.3, 0.4) is 0 Å². The molecule has 0 atom stereocenters. The third-order valence-electron chi connectivity index (χ3n) is 2.83. The van der Waals surface area contributed by atoms with Crippen LogP contribution in [0.2, 0.25) is 0 Å². The quantitative estimate of drug-likeness (QED) is 0.836. The Morgan fingerprint density at radius 1 is 1.36 bits per heavy atom. The summed E-state index contributed by atoms with van der Waals surface area (Å²) in [6.07, 6.45) is 0.464. The lowest BCUT2D eigenvalue weighted by Crippen LogP contribution is -2.26. The van der Waals surface area contributed by atoms with Gasteiger partial charge in [-0.05, 0) is 19.1 Å². The molecule has 7 nitrogen and oxygen atoms in total. The molecule has 22 heavy (non-hydrogen) atoms. The summed E-state index contributed by atoms with van der Waals surface area (Å²) in [5, 5.41) is 13.7. The predicted molar refractivity (Wildman–Crippen MR) is 80.6 cm³/mol. The van der Waals surface area contributed by atoms with Gasteiger partial charge in [0, 0.05) is 24.0 Å². The number of nitrogens with one attached hydrogen (secondary N) is 1. The van der Waals surface area contributed by atoms with Crippen LogP contribution >= 0.6 is 11.3 Å². The Morgan fingerprint density at radius 3 is 2.77 bits per heavy atom. The second-order valence-corrected chi connectivity index (χ2v) is 5.39. The normalized spacial score (nSPS) is 10.3. The van der Waals surface area contributed by atoms with Gasteiger partial charge in [0.25, 0.3) is 5.91 Å². The average molecular weight is 321 g/mol. The standard InChI is InChI=1S/C14H15N3O4S/c1-8-3-4-9(13(16-8)21-2)12(18)15-6-5-11-17-10(7-22-11)14(19)20/h3-4,7H,5-6H2,1-2H3,(H,15,18)(H,19,20). The molecule has 8 heteroatoms. The third-order valence-corrected chi connectivity index (χ3v) is 3.74. The number of ether oxygens (including phenoxy) is 1. The van der Waals surface area contributed by atoms with Gasteiger partial charge in [0.05, 0.1) is 12.1 Å². The lowest BCUT2D eigenvalue weighted by atomic mass is 10.2. The number of aryl methyl sites for hydroxylation is 1. The lowest BCUT2D eigenvalue weighted by Gasteiger charge is -2.08. The number of amides is 1. The SMILES string of the molecule is COc1nc(C)ccc1C(=O)NCCc1nc(C(=O)O)cs1. The highest BCUT2D eigenvalue weighted by Gasteiger charge is 2.14. The van der Waals surface area contributed by atoms with Gasteiger partial charge in [-0.1, -0.05) is 0 Å². The topological polar surface area (TPSA) is 101 Å². The molecule has 2 aromatic rings. The molecule has 1 amide bonds. The van der Waals surface area contributed by atoms with Crippen LogP contribution in [-0.2, 0) is 6.42 Å². The van der Waals surface area contributed by atoms with E-state index in [1.165, 1.54) is 23.8 Å². The number of carboxylic acid groups (broad SMARTS) is 1. The van der Waals surface area contributed by atoms with Crippen LogP contribution in [0.25, 0.3) is 0 Å². The summed E-state index contributed by atoms with van der Waals surface area (Å²) in [4.78, 5) is 30.9. The van der Waals surface area contributed by atoms with E-state index >= 15 is 0 Å². The van der Waals surface area contributed by atoms with Crippen molar-refractivity contribution in [3.05, 3.63) is 39.5 Å². The highest BCUT2D eigenvalue weighted by atomic mass is 32.1. The van der Waals surface area contributed by atoms with E-state index in [1.54, 1.807) is 12.1 Å². The molecule has 2 aromatic heterocycles. The fourth-order valence-corrected chi connectivity index (χ4v) is 2.54. The van der Waals surface area contributed by atoms with Gasteiger partial charge in [0.2, 0.25) is 5.88 Å². The van der Waals surface area contributed by atoms with Crippen molar-refractivity contribution in [2.24, 2.45) is 0 Å². The number of hydrogen-bond donors (Lipinski definition) is 2. The number of aromatic carboxylic acids is 1. The van der Waals surface area contributed by atoms with Gasteiger partial charge in [0.15, 0.2) is 5.69 Å². The van der Waals surface area contributed by atoms with Crippen LogP contribution in [0.1, 0.15) is 31.5 Å². The Bertz CT molecular complexity index is 699. The Labute approximate surface area is 131 Å². The van der Waals surface area contributed by atoms with Crippen LogP contribution in [0.5, 0.6) is 5.88 Å². The number of carbonyl (C=O) groups excluding carboxylic acids is 1. The van der Waals surface area contributed by atoms with Gasteiger partial charge >= 0.3 is 5.97 Å². The zero-order chi connectivity index (χ0) is 16.1. The van der Waals surface area contributed by atoms with Crippen molar-refractivity contribution in [1.29, 1.82) is 0 Å². The van der Waals surface area contributed by atoms with Gasteiger partial charge in [-0.15, -0.1) is 11.3 Å². The number of methoxy groups -OCH3 is 1. The van der Waals surface area contributed by atoms with Gasteiger partial charge in [-0.2, -0.15) is 0 Å². The van der Waals surface area contributed by atoms with Crippen molar-refractivity contribution in [3.63, 3.8) is 0 Å². The molecule has 0 unspecified atom stereocenters. The predicted octanol–water partition coefficient (Wildman–Crippen LogP) is 1.53. The van der Waals surface area contributed by atoms with Crippen molar-refractivity contribution >= 4 is 23.2 Å². The van der Waals surface area contributed by atoms with Gasteiger partial charge in [-0.3, -0.25) is 4.79 Å². The maximum atomic E-state index is 12.1. The Balaban J connectivity index is 1.94. The van der Waals surface area contributed by atoms with Crippen LogP contribution in [-0.4, -0.2) is 40.6 Å². The molecule has 0 aliphatic carbocycles. The van der Waals surface area contributed by atoms with Gasteiger partial charge < -0.3 is 15.2 Å². The number of pyridine rings is 1. The minimum Gasteiger partial charge on any atom is -0.480 e. The zero-order valence-corrected chi connectivity index (χ0v) is 12.9. The number of thiazole rings is 1. The first-order valence-electron chi connectivity index (χ1n) is 6.48. The van der Waals surface area contributed by atoms with E-state index in [0.29, 0.717) is 23.5 Å². The van der Waals surface area contributed by atoms with Gasteiger partial charge in [0.1, 0.15) is 5.56 Å². The fraction of sp³-hybridized carbons (Fsp3) is 0.286. The molecule has 0 radical (unpaired) electrons. The summed E-state index contributed by atoms with van der Waals surface area (Å²) in [5.74, 6) is -1.07. The summed E-state index contributed by atoms with van der Waals surface area (Å²) in [5.41, 5.74) is 1.14. The summed E-state index contributed by atoms with van der Waals surface area (Å²) in [7, 11) is 1.46. The van der Waals surface area contributed by atoms with Gasteiger partial charge in [-0.25, -0.2) is 14.8 Å². The molecule has 0 bridgehead atoms. The van der Waals surface area contributed by atoms with Crippen LogP contribution in [0.4, 0.5) is 0 Å². The smallest absolute Gasteiger partial charge is 0.355 e. The van der Waals surface area contributed by atoms with Crippen molar-refractivity contribution in [2.75, 3.05) is 13.7 Å². The molecule has 2 N–H and O–H groups in total. The zero-order valence-electron chi connectivity index (χ0n) is 12.1. The molecule has 0 aliphatic heterocycles. The van der Waals surface area contributed by atoms with Crippen LogP contribution < -0.4 is 10.1 Å². The molecule has 0 saturated carbocycles. The fourth-order valence-electron chi connectivity index (χ4n) is 1.76. The summed E-state index contributed by atoms with van der Waals surface area (Å²) in [6, 6.07) is 3.39. The number of nitrogens with zero attached hydrogens (tertiary/aromatic N) is 2. The molecule has 2 heterocycles. The minimum absolute atomic E-state index is 0.0238. The number of rotatable bonds is 6. The maximum Gasteiger partial charge on any atom is 0.355 e. The molecule has 0 aromatic carbocycles. The number of carbonyl (C=O) groups is 2. The highest BCUT2D eigenvalue weighted by Crippen LogP contribution is 2.15. The summed E-state index contributed by atoms with van der Waals surface area (Å²) in [6.45, 7) is 2.16. The molecular weight excluding hydrogens is 306 g/mol. The molecule has 0 aliphatic rings. The van der Waals surface area contributed by atoms with Crippen molar-refractivity contribution < 1.29 is 19.4 Å². The van der Waals surface area contributed by atoms with E-state index in [2.05, 4.69) is 15.3 Å². The van der Waals surface area contributed by atoms with E-state index in [9.17, 15) is 9.59 Å². The van der Waals surface area contributed by atoms with E-state index in [-0.39, 0.29) is 17.5 Å². The number of carboxylic acids is 1. The minimum atomic E-state index is -1.05. The highest BCUT2D eigenvalue weighted by molar-refractivity contribution is 7.09. The number of aromatic nitrogens is 2. The average Bonchev–Trinajstić information content (AvgIpc) is 2.96. The molecular formula is C14H15N3O4S. The first-order chi connectivity index (χ1) is 10.5.